The van der Waals surface area contributed by atoms with Gasteiger partial charge in [-0.1, -0.05) is 18.2 Å². The van der Waals surface area contributed by atoms with Crippen molar-refractivity contribution in [1.29, 1.82) is 0 Å². The van der Waals surface area contributed by atoms with E-state index in [9.17, 15) is 9.59 Å². The van der Waals surface area contributed by atoms with E-state index >= 15 is 0 Å². The second-order valence-corrected chi connectivity index (χ2v) is 7.14. The number of nitrogens with one attached hydrogen (secondary N) is 2. The van der Waals surface area contributed by atoms with Gasteiger partial charge in [-0.15, -0.1) is 0 Å². The number of ether oxygens (including phenoxy) is 1. The summed E-state index contributed by atoms with van der Waals surface area (Å²) in [5, 5.41) is 10.5. The molecule has 2 aromatic carbocycles. The van der Waals surface area contributed by atoms with Crippen molar-refractivity contribution in [2.75, 3.05) is 19.0 Å². The van der Waals surface area contributed by atoms with Crippen molar-refractivity contribution in [2.24, 2.45) is 7.05 Å². The van der Waals surface area contributed by atoms with E-state index in [0.717, 1.165) is 16.6 Å². The Labute approximate surface area is 185 Å². The molecule has 4 rings (SSSR count). The third-order valence-electron chi connectivity index (χ3n) is 5.10. The summed E-state index contributed by atoms with van der Waals surface area (Å²) in [5.74, 6) is 0.366. The summed E-state index contributed by atoms with van der Waals surface area (Å²) >= 11 is 0. The van der Waals surface area contributed by atoms with Crippen LogP contribution in [0.15, 0.2) is 60.8 Å². The highest BCUT2D eigenvalue weighted by Gasteiger charge is 2.17. The van der Waals surface area contributed by atoms with Crippen LogP contribution in [0, 0.1) is 0 Å². The first kappa shape index (κ1) is 21.0. The van der Waals surface area contributed by atoms with Crippen LogP contribution in [0.25, 0.3) is 22.2 Å². The maximum absolute atomic E-state index is 13.0. The van der Waals surface area contributed by atoms with Crippen LogP contribution in [0.3, 0.4) is 0 Å². The van der Waals surface area contributed by atoms with Crippen molar-refractivity contribution in [3.63, 3.8) is 0 Å². The van der Waals surface area contributed by atoms with E-state index in [0.29, 0.717) is 34.8 Å². The molecule has 0 spiro atoms. The Kier molecular flexibility index (Phi) is 5.85. The summed E-state index contributed by atoms with van der Waals surface area (Å²) in [7, 11) is 3.40. The maximum Gasteiger partial charge on any atom is 0.256 e. The number of aromatic nitrogens is 3. The number of methoxy groups -OCH3 is 1. The third-order valence-corrected chi connectivity index (χ3v) is 5.10. The zero-order valence-electron chi connectivity index (χ0n) is 18.0. The van der Waals surface area contributed by atoms with Gasteiger partial charge >= 0.3 is 0 Å². The topological polar surface area (TPSA) is 98.1 Å². The molecule has 0 aliphatic carbocycles. The SMILES string of the molecule is CCNC(=O)c1cc(NC(=O)c2ccc(OC)c(-c3ccnn3C)c2)nc2ccccc12. The molecule has 4 aromatic rings. The largest absolute Gasteiger partial charge is 0.496 e. The minimum Gasteiger partial charge on any atom is -0.496 e. The Morgan fingerprint density at radius 3 is 2.59 bits per heavy atom. The number of carbonyl (C=O) groups is 2. The van der Waals surface area contributed by atoms with E-state index in [1.54, 1.807) is 42.3 Å². The summed E-state index contributed by atoms with van der Waals surface area (Å²) in [5.41, 5.74) is 3.07. The normalized spacial score (nSPS) is 10.7. The number of fused-ring (bicyclic) bond motifs is 1. The first-order valence-electron chi connectivity index (χ1n) is 10.2. The Morgan fingerprint density at radius 1 is 1.06 bits per heavy atom. The Morgan fingerprint density at radius 2 is 1.88 bits per heavy atom. The highest BCUT2D eigenvalue weighted by atomic mass is 16.5. The Bertz CT molecular complexity index is 1310. The lowest BCUT2D eigenvalue weighted by atomic mass is 10.1. The van der Waals surface area contributed by atoms with Gasteiger partial charge in [0, 0.05) is 36.3 Å². The molecule has 0 saturated heterocycles. The molecule has 0 unspecified atom stereocenters. The van der Waals surface area contributed by atoms with Crippen LogP contribution < -0.4 is 15.4 Å². The summed E-state index contributed by atoms with van der Waals surface area (Å²) in [6, 6.07) is 15.9. The standard InChI is InChI=1S/C24H23N5O3/c1-4-25-24(31)17-14-22(27-19-8-6-5-7-16(17)19)28-23(30)15-9-10-21(32-3)18(13-15)20-11-12-26-29(20)2/h5-14H,4H2,1-3H3,(H,25,31)(H,27,28,30). The van der Waals surface area contributed by atoms with Gasteiger partial charge in [-0.05, 0) is 43.3 Å². The number of pyridine rings is 1. The van der Waals surface area contributed by atoms with Crippen LogP contribution in [0.1, 0.15) is 27.6 Å². The minimum absolute atomic E-state index is 0.218. The van der Waals surface area contributed by atoms with Crippen molar-refractivity contribution in [3.8, 4) is 17.0 Å². The monoisotopic (exact) mass is 429 g/mol. The predicted octanol–water partition coefficient (Wildman–Crippen LogP) is 3.65. The molecule has 0 bridgehead atoms. The molecular weight excluding hydrogens is 406 g/mol. The van der Waals surface area contributed by atoms with E-state index in [-0.39, 0.29) is 11.8 Å². The van der Waals surface area contributed by atoms with E-state index in [1.165, 1.54) is 0 Å². The van der Waals surface area contributed by atoms with Crippen LogP contribution in [0.5, 0.6) is 5.75 Å². The fourth-order valence-electron chi connectivity index (χ4n) is 3.56. The number of hydrogen-bond donors (Lipinski definition) is 2. The van der Waals surface area contributed by atoms with E-state index < -0.39 is 0 Å². The Balaban J connectivity index is 1.70. The van der Waals surface area contributed by atoms with Gasteiger partial charge in [0.2, 0.25) is 0 Å². The lowest BCUT2D eigenvalue weighted by Crippen LogP contribution is -2.23. The molecule has 0 aliphatic heterocycles. The van der Waals surface area contributed by atoms with Gasteiger partial charge in [0.25, 0.3) is 11.8 Å². The van der Waals surface area contributed by atoms with Gasteiger partial charge in [-0.2, -0.15) is 5.10 Å². The van der Waals surface area contributed by atoms with Crippen molar-refractivity contribution < 1.29 is 14.3 Å². The number of amides is 2. The number of hydrogen-bond acceptors (Lipinski definition) is 5. The van der Waals surface area contributed by atoms with Crippen LogP contribution in [-0.2, 0) is 7.05 Å². The second kappa shape index (κ2) is 8.89. The first-order chi connectivity index (χ1) is 15.5. The number of nitrogens with zero attached hydrogens (tertiary/aromatic N) is 3. The number of rotatable bonds is 6. The van der Waals surface area contributed by atoms with Gasteiger partial charge in [0.05, 0.1) is 23.9 Å². The molecule has 32 heavy (non-hydrogen) atoms. The summed E-state index contributed by atoms with van der Waals surface area (Å²) in [6.07, 6.45) is 1.68. The Hall–Kier alpha value is -4.20. The van der Waals surface area contributed by atoms with Crippen molar-refractivity contribution in [2.45, 2.75) is 6.92 Å². The molecule has 2 amide bonds. The fourth-order valence-corrected chi connectivity index (χ4v) is 3.56. The number of anilines is 1. The lowest BCUT2D eigenvalue weighted by Gasteiger charge is -2.13. The van der Waals surface area contributed by atoms with Crippen molar-refractivity contribution in [1.82, 2.24) is 20.1 Å². The smallest absolute Gasteiger partial charge is 0.256 e. The highest BCUT2D eigenvalue weighted by molar-refractivity contribution is 6.09. The van der Waals surface area contributed by atoms with Crippen LogP contribution in [0.4, 0.5) is 5.82 Å². The lowest BCUT2D eigenvalue weighted by molar-refractivity contribution is 0.0956. The molecule has 0 radical (unpaired) electrons. The second-order valence-electron chi connectivity index (χ2n) is 7.14. The van der Waals surface area contributed by atoms with Gasteiger partial charge in [-0.25, -0.2) is 4.98 Å². The maximum atomic E-state index is 13.0. The molecule has 162 valence electrons. The predicted molar refractivity (Wildman–Crippen MR) is 123 cm³/mol. The number of benzene rings is 2. The van der Waals surface area contributed by atoms with E-state index in [1.807, 2.05) is 44.3 Å². The van der Waals surface area contributed by atoms with Crippen LogP contribution >= 0.6 is 0 Å². The average molecular weight is 429 g/mol. The molecule has 0 saturated carbocycles. The van der Waals surface area contributed by atoms with Crippen molar-refractivity contribution in [3.05, 3.63) is 71.9 Å². The van der Waals surface area contributed by atoms with Crippen molar-refractivity contribution >= 4 is 28.5 Å². The van der Waals surface area contributed by atoms with E-state index in [4.69, 9.17) is 4.74 Å². The molecule has 2 heterocycles. The molecule has 0 aliphatic rings. The zero-order valence-corrected chi connectivity index (χ0v) is 18.0. The molecule has 0 fully saturated rings. The molecule has 8 nitrogen and oxygen atoms in total. The number of aryl methyl sites for hydroxylation is 1. The zero-order chi connectivity index (χ0) is 22.7. The molecule has 2 N–H and O–H groups in total. The number of para-hydroxylation sites is 1. The number of carbonyl (C=O) groups excluding carboxylic acids is 2. The van der Waals surface area contributed by atoms with Gasteiger partial charge in [0.1, 0.15) is 11.6 Å². The van der Waals surface area contributed by atoms with E-state index in [2.05, 4.69) is 20.7 Å². The van der Waals surface area contributed by atoms with Crippen LogP contribution in [-0.4, -0.2) is 40.2 Å². The molecule has 0 atom stereocenters. The first-order valence-corrected chi connectivity index (χ1v) is 10.2. The quantitative estimate of drug-likeness (QED) is 0.488. The highest BCUT2D eigenvalue weighted by Crippen LogP contribution is 2.31. The van der Waals surface area contributed by atoms with Gasteiger partial charge in [-0.3, -0.25) is 14.3 Å². The molecule has 2 aromatic heterocycles. The van der Waals surface area contributed by atoms with Gasteiger partial charge < -0.3 is 15.4 Å². The summed E-state index contributed by atoms with van der Waals surface area (Å²) < 4.78 is 7.17. The molecular formula is C24H23N5O3. The summed E-state index contributed by atoms with van der Waals surface area (Å²) in [6.45, 7) is 2.35. The summed E-state index contributed by atoms with van der Waals surface area (Å²) in [4.78, 5) is 30.1. The third kappa shape index (κ3) is 4.02. The van der Waals surface area contributed by atoms with Crippen LogP contribution in [0.2, 0.25) is 0 Å². The molecule has 8 heteroatoms. The average Bonchev–Trinajstić information content (AvgIpc) is 3.23. The fraction of sp³-hybridized carbons (Fsp3) is 0.167. The van der Waals surface area contributed by atoms with Gasteiger partial charge in [0.15, 0.2) is 0 Å². The minimum atomic E-state index is -0.347.